The maximum atomic E-state index is 12.4. The number of carbonyl (C=O) groups is 1. The minimum Gasteiger partial charge on any atom is -0.496 e. The summed E-state index contributed by atoms with van der Waals surface area (Å²) >= 11 is 9.37. The molecule has 0 saturated heterocycles. The van der Waals surface area contributed by atoms with Crippen molar-refractivity contribution in [3.63, 3.8) is 0 Å². The summed E-state index contributed by atoms with van der Waals surface area (Å²) < 4.78 is 6.17. The van der Waals surface area contributed by atoms with Crippen molar-refractivity contribution < 1.29 is 9.53 Å². The quantitative estimate of drug-likeness (QED) is 0.856. The van der Waals surface area contributed by atoms with Crippen molar-refractivity contribution in [1.29, 1.82) is 0 Å². The van der Waals surface area contributed by atoms with Crippen molar-refractivity contribution in [3.05, 3.63) is 63.1 Å². The third-order valence-electron chi connectivity index (χ3n) is 3.10. The van der Waals surface area contributed by atoms with Gasteiger partial charge in [0, 0.05) is 9.50 Å². The van der Waals surface area contributed by atoms with Crippen LogP contribution in [0, 0.1) is 0 Å². The molecular formula is C16H15BrClNO2. The molecule has 1 N–H and O–H groups in total. The van der Waals surface area contributed by atoms with E-state index in [2.05, 4.69) is 21.2 Å². The van der Waals surface area contributed by atoms with Crippen molar-refractivity contribution in [1.82, 2.24) is 5.32 Å². The molecule has 1 unspecified atom stereocenters. The molecule has 21 heavy (non-hydrogen) atoms. The van der Waals surface area contributed by atoms with Crippen LogP contribution in [0.1, 0.15) is 28.9 Å². The Morgan fingerprint density at radius 2 is 2.05 bits per heavy atom. The van der Waals surface area contributed by atoms with E-state index in [0.717, 1.165) is 10.0 Å². The largest absolute Gasteiger partial charge is 0.496 e. The van der Waals surface area contributed by atoms with Crippen LogP contribution in [0.4, 0.5) is 0 Å². The molecule has 5 heteroatoms. The molecule has 110 valence electrons. The first-order valence-electron chi connectivity index (χ1n) is 6.41. The normalized spacial score (nSPS) is 11.8. The highest BCUT2D eigenvalue weighted by Crippen LogP contribution is 2.24. The number of nitrogens with one attached hydrogen (secondary N) is 1. The molecule has 0 radical (unpaired) electrons. The third-order valence-corrected chi connectivity index (χ3v) is 3.83. The van der Waals surface area contributed by atoms with E-state index in [1.54, 1.807) is 18.2 Å². The van der Waals surface area contributed by atoms with Crippen LogP contribution in [-0.2, 0) is 0 Å². The first-order chi connectivity index (χ1) is 10.0. The van der Waals surface area contributed by atoms with Gasteiger partial charge in [-0.1, -0.05) is 39.7 Å². The van der Waals surface area contributed by atoms with Gasteiger partial charge in [0.25, 0.3) is 5.91 Å². The maximum absolute atomic E-state index is 12.4. The number of amides is 1. The molecule has 0 aliphatic rings. The number of hydrogen-bond donors (Lipinski definition) is 1. The molecule has 0 heterocycles. The van der Waals surface area contributed by atoms with Crippen LogP contribution in [0.25, 0.3) is 0 Å². The monoisotopic (exact) mass is 367 g/mol. The summed E-state index contributed by atoms with van der Waals surface area (Å²) in [7, 11) is 1.53. The molecule has 0 aliphatic carbocycles. The van der Waals surface area contributed by atoms with Gasteiger partial charge in [0.05, 0.1) is 18.7 Å². The highest BCUT2D eigenvalue weighted by atomic mass is 79.9. The summed E-state index contributed by atoms with van der Waals surface area (Å²) in [4.78, 5) is 12.4. The van der Waals surface area contributed by atoms with Crippen LogP contribution in [0.5, 0.6) is 5.75 Å². The Balaban J connectivity index is 2.20. The molecule has 0 bridgehead atoms. The van der Waals surface area contributed by atoms with Gasteiger partial charge in [-0.15, -0.1) is 0 Å². The van der Waals surface area contributed by atoms with Gasteiger partial charge in [-0.25, -0.2) is 0 Å². The summed E-state index contributed by atoms with van der Waals surface area (Å²) in [5, 5.41) is 3.44. The predicted octanol–water partition coefficient (Wildman–Crippen LogP) is 4.60. The number of ether oxygens (including phenoxy) is 1. The molecule has 0 spiro atoms. The van der Waals surface area contributed by atoms with Crippen LogP contribution < -0.4 is 10.1 Å². The fourth-order valence-corrected chi connectivity index (χ4v) is 2.58. The van der Waals surface area contributed by atoms with E-state index in [9.17, 15) is 4.79 Å². The molecule has 0 aliphatic heterocycles. The molecule has 3 nitrogen and oxygen atoms in total. The fourth-order valence-electron chi connectivity index (χ4n) is 1.99. The summed E-state index contributed by atoms with van der Waals surface area (Å²) in [5.74, 6) is 0.278. The van der Waals surface area contributed by atoms with Gasteiger partial charge < -0.3 is 10.1 Å². The number of halogens is 2. The SMILES string of the molecule is COc1ccc(Cl)cc1C(=O)NC(C)c1cccc(Br)c1. The molecule has 0 saturated carbocycles. The van der Waals surface area contributed by atoms with Crippen LogP contribution in [0.2, 0.25) is 5.02 Å². The molecule has 0 fully saturated rings. The minimum atomic E-state index is -0.221. The van der Waals surface area contributed by atoms with Crippen molar-refractivity contribution in [2.24, 2.45) is 0 Å². The Morgan fingerprint density at radius 1 is 1.29 bits per heavy atom. The fraction of sp³-hybridized carbons (Fsp3) is 0.188. The Bertz CT molecular complexity index is 660. The lowest BCUT2D eigenvalue weighted by Crippen LogP contribution is -2.27. The lowest BCUT2D eigenvalue weighted by atomic mass is 10.1. The topological polar surface area (TPSA) is 38.3 Å². The smallest absolute Gasteiger partial charge is 0.255 e. The second-order valence-corrected chi connectivity index (χ2v) is 5.95. The first-order valence-corrected chi connectivity index (χ1v) is 7.58. The van der Waals surface area contributed by atoms with Crippen molar-refractivity contribution in [2.45, 2.75) is 13.0 Å². The third kappa shape index (κ3) is 3.99. The molecule has 2 aromatic carbocycles. The molecule has 1 atom stereocenters. The Labute approximate surface area is 137 Å². The van der Waals surface area contributed by atoms with Crippen molar-refractivity contribution in [3.8, 4) is 5.75 Å². The van der Waals surface area contributed by atoms with E-state index in [1.807, 2.05) is 31.2 Å². The van der Waals surface area contributed by atoms with E-state index >= 15 is 0 Å². The van der Waals surface area contributed by atoms with E-state index < -0.39 is 0 Å². The summed E-state index contributed by atoms with van der Waals surface area (Å²) in [5.41, 5.74) is 1.44. The average Bonchev–Trinajstić information content (AvgIpc) is 2.47. The Kier molecular flexibility index (Phi) is 5.26. The number of hydrogen-bond acceptors (Lipinski definition) is 2. The zero-order chi connectivity index (χ0) is 15.4. The minimum absolute atomic E-state index is 0.126. The lowest BCUT2D eigenvalue weighted by molar-refractivity contribution is 0.0937. The average molecular weight is 369 g/mol. The van der Waals surface area contributed by atoms with Gasteiger partial charge in [0.2, 0.25) is 0 Å². The maximum Gasteiger partial charge on any atom is 0.255 e. The van der Waals surface area contributed by atoms with Crippen LogP contribution >= 0.6 is 27.5 Å². The first kappa shape index (κ1) is 15.9. The summed E-state index contributed by atoms with van der Waals surface area (Å²) in [6, 6.07) is 12.7. The van der Waals surface area contributed by atoms with Crippen LogP contribution in [0.3, 0.4) is 0 Å². The van der Waals surface area contributed by atoms with Crippen LogP contribution in [-0.4, -0.2) is 13.0 Å². The number of carbonyl (C=O) groups excluding carboxylic acids is 1. The number of rotatable bonds is 4. The molecular weight excluding hydrogens is 354 g/mol. The van der Waals surface area contributed by atoms with Gasteiger partial charge in [0.15, 0.2) is 0 Å². The van der Waals surface area contributed by atoms with Gasteiger partial charge in [0.1, 0.15) is 5.75 Å². The Hall–Kier alpha value is -1.52. The van der Waals surface area contributed by atoms with E-state index in [0.29, 0.717) is 16.3 Å². The van der Waals surface area contributed by atoms with Gasteiger partial charge in [-0.05, 0) is 42.8 Å². The molecule has 2 rings (SSSR count). The van der Waals surface area contributed by atoms with E-state index in [1.165, 1.54) is 7.11 Å². The van der Waals surface area contributed by atoms with Crippen molar-refractivity contribution in [2.75, 3.05) is 7.11 Å². The van der Waals surface area contributed by atoms with Crippen LogP contribution in [0.15, 0.2) is 46.9 Å². The highest BCUT2D eigenvalue weighted by Gasteiger charge is 2.16. The highest BCUT2D eigenvalue weighted by molar-refractivity contribution is 9.10. The van der Waals surface area contributed by atoms with E-state index in [-0.39, 0.29) is 11.9 Å². The Morgan fingerprint density at radius 3 is 2.71 bits per heavy atom. The number of methoxy groups -OCH3 is 1. The lowest BCUT2D eigenvalue weighted by Gasteiger charge is -2.16. The number of benzene rings is 2. The zero-order valence-corrected chi connectivity index (χ0v) is 14.0. The van der Waals surface area contributed by atoms with Crippen molar-refractivity contribution >= 4 is 33.4 Å². The molecule has 1 amide bonds. The second-order valence-electron chi connectivity index (χ2n) is 4.59. The predicted molar refractivity (Wildman–Crippen MR) is 88.0 cm³/mol. The standard InChI is InChI=1S/C16H15BrClNO2/c1-10(11-4-3-5-12(17)8-11)19-16(20)14-9-13(18)6-7-15(14)21-2/h3-10H,1-2H3,(H,19,20). The summed E-state index contributed by atoms with van der Waals surface area (Å²) in [6.45, 7) is 1.93. The van der Waals surface area contributed by atoms with E-state index in [4.69, 9.17) is 16.3 Å². The second kappa shape index (κ2) is 6.96. The summed E-state index contributed by atoms with van der Waals surface area (Å²) in [6.07, 6.45) is 0. The van der Waals surface area contributed by atoms with Gasteiger partial charge in [-0.2, -0.15) is 0 Å². The molecule has 2 aromatic rings. The molecule has 0 aromatic heterocycles. The zero-order valence-electron chi connectivity index (χ0n) is 11.7. The van der Waals surface area contributed by atoms with Gasteiger partial charge >= 0.3 is 0 Å². The van der Waals surface area contributed by atoms with Gasteiger partial charge in [-0.3, -0.25) is 4.79 Å².